The number of carbonyl (C=O) groups excluding carboxylic acids is 2. The van der Waals surface area contributed by atoms with Crippen molar-refractivity contribution >= 4 is 39.4 Å². The number of nitrogens with zero attached hydrogens (tertiary/aromatic N) is 2. The van der Waals surface area contributed by atoms with Crippen LogP contribution in [0.15, 0.2) is 119 Å². The van der Waals surface area contributed by atoms with E-state index in [2.05, 4.69) is 15.8 Å². The first-order valence-corrected chi connectivity index (χ1v) is 13.8. The number of ether oxygens (including phenoxy) is 1. The van der Waals surface area contributed by atoms with Crippen LogP contribution in [0.25, 0.3) is 0 Å². The number of carbonyl (C=O) groups is 2. The maximum Gasteiger partial charge on any atom is 0.264 e. The molecule has 0 aromatic heterocycles. The van der Waals surface area contributed by atoms with Gasteiger partial charge in [-0.25, -0.2) is 13.8 Å². The Morgan fingerprint density at radius 1 is 0.825 bits per heavy atom. The molecule has 4 aromatic rings. The minimum Gasteiger partial charge on any atom is -0.484 e. The lowest BCUT2D eigenvalue weighted by molar-refractivity contribution is -0.119. The third-order valence-electron chi connectivity index (χ3n) is 5.65. The van der Waals surface area contributed by atoms with Crippen molar-refractivity contribution < 1.29 is 22.7 Å². The van der Waals surface area contributed by atoms with E-state index in [-0.39, 0.29) is 17.4 Å². The number of para-hydroxylation sites is 2. The Balaban J connectivity index is 1.33. The number of aryl methyl sites for hydroxylation is 1. The van der Waals surface area contributed by atoms with Crippen LogP contribution in [-0.2, 0) is 19.6 Å². The van der Waals surface area contributed by atoms with Crippen LogP contribution in [0.3, 0.4) is 0 Å². The number of rotatable bonds is 11. The number of sulfonamides is 1. The van der Waals surface area contributed by atoms with Crippen LogP contribution < -0.4 is 19.8 Å². The standard InChI is InChI=1S/C30H28N4O5S/c1-23-12-18-28(19-13-23)40(37,38)34(26-10-6-3-7-11-26)21-29(35)33-31-20-24-14-16-27(17-15-24)39-22-30(36)32-25-8-4-2-5-9-25/h2-20H,21-22H2,1H3,(H,32,36)(H,33,35)/b31-20-. The van der Waals surface area contributed by atoms with Gasteiger partial charge in [-0.1, -0.05) is 54.1 Å². The van der Waals surface area contributed by atoms with Crippen LogP contribution >= 0.6 is 0 Å². The van der Waals surface area contributed by atoms with Gasteiger partial charge in [0.25, 0.3) is 21.8 Å². The fraction of sp³-hybridized carbons (Fsp3) is 0.100. The molecule has 0 aliphatic carbocycles. The fourth-order valence-corrected chi connectivity index (χ4v) is 5.03. The zero-order chi connectivity index (χ0) is 28.4. The van der Waals surface area contributed by atoms with Gasteiger partial charge in [-0.3, -0.25) is 13.9 Å². The molecule has 4 aromatic carbocycles. The molecular weight excluding hydrogens is 528 g/mol. The predicted octanol–water partition coefficient (Wildman–Crippen LogP) is 4.36. The van der Waals surface area contributed by atoms with Crippen LogP contribution in [0, 0.1) is 6.92 Å². The lowest BCUT2D eigenvalue weighted by Crippen LogP contribution is -2.39. The molecule has 10 heteroatoms. The third-order valence-corrected chi connectivity index (χ3v) is 7.44. The Morgan fingerprint density at radius 3 is 2.10 bits per heavy atom. The van der Waals surface area contributed by atoms with E-state index < -0.39 is 22.5 Å². The van der Waals surface area contributed by atoms with Gasteiger partial charge >= 0.3 is 0 Å². The van der Waals surface area contributed by atoms with Crippen molar-refractivity contribution in [2.45, 2.75) is 11.8 Å². The highest BCUT2D eigenvalue weighted by atomic mass is 32.2. The maximum absolute atomic E-state index is 13.4. The SMILES string of the molecule is Cc1ccc(S(=O)(=O)N(CC(=O)N/N=C\c2ccc(OCC(=O)Nc3ccccc3)cc2)c2ccccc2)cc1. The van der Waals surface area contributed by atoms with Crippen LogP contribution in [0.1, 0.15) is 11.1 Å². The van der Waals surface area contributed by atoms with Gasteiger partial charge in [0, 0.05) is 5.69 Å². The van der Waals surface area contributed by atoms with Crippen LogP contribution in [0.2, 0.25) is 0 Å². The van der Waals surface area contributed by atoms with E-state index in [0.717, 1.165) is 9.87 Å². The predicted molar refractivity (Wildman–Crippen MR) is 155 cm³/mol. The normalized spacial score (nSPS) is 11.1. The molecule has 0 spiro atoms. The molecule has 0 atom stereocenters. The summed E-state index contributed by atoms with van der Waals surface area (Å²) in [4.78, 5) is 24.8. The van der Waals surface area contributed by atoms with Gasteiger partial charge in [0.05, 0.1) is 16.8 Å². The topological polar surface area (TPSA) is 117 Å². The Bertz CT molecular complexity index is 1560. The first-order valence-electron chi connectivity index (χ1n) is 12.4. The van der Waals surface area contributed by atoms with E-state index in [1.54, 1.807) is 78.9 Å². The minimum atomic E-state index is -4.00. The van der Waals surface area contributed by atoms with Crippen molar-refractivity contribution in [3.05, 3.63) is 120 Å². The highest BCUT2D eigenvalue weighted by Gasteiger charge is 2.27. The van der Waals surface area contributed by atoms with Gasteiger partial charge in [0.1, 0.15) is 12.3 Å². The number of hydrogen-bond donors (Lipinski definition) is 2. The van der Waals surface area contributed by atoms with Crippen molar-refractivity contribution in [2.24, 2.45) is 5.10 Å². The van der Waals surface area contributed by atoms with E-state index >= 15 is 0 Å². The molecular formula is C30H28N4O5S. The second-order valence-electron chi connectivity index (χ2n) is 8.73. The molecule has 0 fully saturated rings. The molecule has 0 unspecified atom stereocenters. The maximum atomic E-state index is 13.4. The summed E-state index contributed by atoms with van der Waals surface area (Å²) in [5, 5.41) is 6.69. The summed E-state index contributed by atoms with van der Waals surface area (Å²) in [6.07, 6.45) is 1.42. The second-order valence-corrected chi connectivity index (χ2v) is 10.6. The summed E-state index contributed by atoms with van der Waals surface area (Å²) in [6, 6.07) is 30.7. The average molecular weight is 557 g/mol. The van der Waals surface area contributed by atoms with E-state index in [9.17, 15) is 18.0 Å². The first kappa shape index (κ1) is 28.1. The zero-order valence-electron chi connectivity index (χ0n) is 21.7. The lowest BCUT2D eigenvalue weighted by Gasteiger charge is -2.23. The molecule has 0 aliphatic heterocycles. The average Bonchev–Trinajstić information content (AvgIpc) is 2.96. The number of anilines is 2. The summed E-state index contributed by atoms with van der Waals surface area (Å²) < 4.78 is 33.3. The molecule has 2 N–H and O–H groups in total. The van der Waals surface area contributed by atoms with Crippen molar-refractivity contribution in [3.8, 4) is 5.75 Å². The summed E-state index contributed by atoms with van der Waals surface area (Å²) in [5.41, 5.74) is 5.01. The zero-order valence-corrected chi connectivity index (χ0v) is 22.5. The van der Waals surface area contributed by atoms with Crippen LogP contribution in [-0.4, -0.2) is 39.6 Å². The molecule has 0 saturated heterocycles. The molecule has 0 aliphatic rings. The Labute approximate surface area is 233 Å². The van der Waals surface area contributed by atoms with Crippen molar-refractivity contribution in [3.63, 3.8) is 0 Å². The molecule has 0 heterocycles. The molecule has 0 saturated carbocycles. The van der Waals surface area contributed by atoms with Gasteiger partial charge in [0.2, 0.25) is 0 Å². The van der Waals surface area contributed by atoms with Crippen LogP contribution in [0.4, 0.5) is 11.4 Å². The van der Waals surface area contributed by atoms with Gasteiger partial charge in [-0.15, -0.1) is 0 Å². The number of nitrogens with one attached hydrogen (secondary N) is 2. The summed E-state index contributed by atoms with van der Waals surface area (Å²) in [7, 11) is -4.00. The molecule has 2 amide bonds. The molecule has 9 nitrogen and oxygen atoms in total. The van der Waals surface area contributed by atoms with E-state index in [0.29, 0.717) is 22.7 Å². The number of benzene rings is 4. The van der Waals surface area contributed by atoms with Crippen LogP contribution in [0.5, 0.6) is 5.75 Å². The highest BCUT2D eigenvalue weighted by molar-refractivity contribution is 7.92. The van der Waals surface area contributed by atoms with E-state index in [4.69, 9.17) is 4.74 Å². The number of hydrogen-bond acceptors (Lipinski definition) is 6. The quantitative estimate of drug-likeness (QED) is 0.210. The van der Waals surface area contributed by atoms with Gasteiger partial charge < -0.3 is 10.1 Å². The third kappa shape index (κ3) is 7.78. The minimum absolute atomic E-state index is 0.0816. The number of amides is 2. The summed E-state index contributed by atoms with van der Waals surface area (Å²) in [6.45, 7) is 1.25. The number of hydrazone groups is 1. The Hall–Kier alpha value is -4.96. The van der Waals surface area contributed by atoms with Gasteiger partial charge in [-0.05, 0) is 73.2 Å². The van der Waals surface area contributed by atoms with Crippen molar-refractivity contribution in [1.82, 2.24) is 5.43 Å². The molecule has 0 bridgehead atoms. The molecule has 204 valence electrons. The molecule has 40 heavy (non-hydrogen) atoms. The lowest BCUT2D eigenvalue weighted by atomic mass is 10.2. The van der Waals surface area contributed by atoms with Gasteiger partial charge in [-0.2, -0.15) is 5.10 Å². The van der Waals surface area contributed by atoms with Gasteiger partial charge in [0.15, 0.2) is 6.61 Å². The highest BCUT2D eigenvalue weighted by Crippen LogP contribution is 2.23. The monoisotopic (exact) mass is 556 g/mol. The summed E-state index contributed by atoms with van der Waals surface area (Å²) in [5.74, 6) is -0.405. The van der Waals surface area contributed by atoms with E-state index in [1.807, 2.05) is 25.1 Å². The van der Waals surface area contributed by atoms with Crippen molar-refractivity contribution in [1.29, 1.82) is 0 Å². The Kier molecular flexibility index (Phi) is 9.27. The Morgan fingerprint density at radius 2 is 1.45 bits per heavy atom. The van der Waals surface area contributed by atoms with Crippen molar-refractivity contribution in [2.75, 3.05) is 22.8 Å². The smallest absolute Gasteiger partial charge is 0.264 e. The molecule has 4 rings (SSSR count). The summed E-state index contributed by atoms with van der Waals surface area (Å²) >= 11 is 0. The second kappa shape index (κ2) is 13.2. The first-order chi connectivity index (χ1) is 19.3. The molecule has 0 radical (unpaired) electrons. The fourth-order valence-electron chi connectivity index (χ4n) is 3.61. The largest absolute Gasteiger partial charge is 0.484 e. The van der Waals surface area contributed by atoms with E-state index in [1.165, 1.54) is 18.3 Å².